The zero-order valence-electron chi connectivity index (χ0n) is 13.9. The highest BCUT2D eigenvalue weighted by molar-refractivity contribution is 7.89. The van der Waals surface area contributed by atoms with Crippen molar-refractivity contribution in [2.75, 3.05) is 12.4 Å². The predicted octanol–water partition coefficient (Wildman–Crippen LogP) is 1.48. The molecular weight excluding hydrogens is 354 g/mol. The molecule has 1 aliphatic carbocycles. The summed E-state index contributed by atoms with van der Waals surface area (Å²) in [6, 6.07) is 4.07. The summed E-state index contributed by atoms with van der Waals surface area (Å²) in [6.45, 7) is 3.45. The fourth-order valence-corrected chi connectivity index (χ4v) is 3.26. The van der Waals surface area contributed by atoms with Crippen molar-refractivity contribution in [1.29, 1.82) is 0 Å². The molecule has 2 atom stereocenters. The molecule has 24 heavy (non-hydrogen) atoms. The average molecular weight is 378 g/mol. The standard InChI is InChI=1S/C15H23N3O4S.ClH/c1-9(10(2)16)15(19)17-13-8-12(6-7-14(13)22-3)23(20,21)18-11-4-5-11;/h6-11,18H,4-5,16H2,1-3H3,(H,17,19);1H. The molecule has 2 rings (SSSR count). The molecule has 0 bridgehead atoms. The Morgan fingerprint density at radius 2 is 1.96 bits per heavy atom. The molecule has 0 radical (unpaired) electrons. The smallest absolute Gasteiger partial charge is 0.240 e. The van der Waals surface area contributed by atoms with Gasteiger partial charge in [-0.2, -0.15) is 0 Å². The molecule has 7 nitrogen and oxygen atoms in total. The molecule has 1 fully saturated rings. The molecular formula is C15H24ClN3O4S. The fourth-order valence-electron chi connectivity index (χ4n) is 1.93. The Balaban J connectivity index is 0.00000288. The minimum atomic E-state index is -3.60. The molecule has 1 aromatic carbocycles. The van der Waals surface area contributed by atoms with E-state index in [9.17, 15) is 13.2 Å². The second-order valence-electron chi connectivity index (χ2n) is 5.89. The average Bonchev–Trinajstić information content (AvgIpc) is 3.29. The summed E-state index contributed by atoms with van der Waals surface area (Å²) < 4.78 is 32.3. The number of hydrogen-bond donors (Lipinski definition) is 3. The molecule has 1 saturated carbocycles. The van der Waals surface area contributed by atoms with Gasteiger partial charge < -0.3 is 15.8 Å². The van der Waals surface area contributed by atoms with E-state index in [1.807, 2.05) is 0 Å². The van der Waals surface area contributed by atoms with Crippen molar-refractivity contribution >= 4 is 34.0 Å². The van der Waals surface area contributed by atoms with Crippen LogP contribution in [-0.4, -0.2) is 33.5 Å². The van der Waals surface area contributed by atoms with Gasteiger partial charge in [-0.15, -0.1) is 12.4 Å². The predicted molar refractivity (Wildman–Crippen MR) is 95.0 cm³/mol. The lowest BCUT2D eigenvalue weighted by atomic mass is 10.0. The normalized spacial score (nSPS) is 16.7. The number of benzene rings is 1. The highest BCUT2D eigenvalue weighted by Gasteiger charge is 2.28. The van der Waals surface area contributed by atoms with Gasteiger partial charge in [-0.1, -0.05) is 6.92 Å². The van der Waals surface area contributed by atoms with Gasteiger partial charge in [-0.25, -0.2) is 13.1 Å². The minimum Gasteiger partial charge on any atom is -0.495 e. The number of carbonyl (C=O) groups is 1. The first-order chi connectivity index (χ1) is 10.7. The van der Waals surface area contributed by atoms with Gasteiger partial charge in [-0.3, -0.25) is 4.79 Å². The quantitative estimate of drug-likeness (QED) is 0.666. The SMILES string of the molecule is COc1ccc(S(=O)(=O)NC2CC2)cc1NC(=O)C(C)C(C)N.Cl. The van der Waals surface area contributed by atoms with E-state index in [4.69, 9.17) is 10.5 Å². The largest absolute Gasteiger partial charge is 0.495 e. The van der Waals surface area contributed by atoms with Crippen molar-refractivity contribution in [2.24, 2.45) is 11.7 Å². The third kappa shape index (κ3) is 5.07. The van der Waals surface area contributed by atoms with Crippen LogP contribution in [0.25, 0.3) is 0 Å². The second-order valence-corrected chi connectivity index (χ2v) is 7.61. The van der Waals surface area contributed by atoms with Crippen LogP contribution >= 0.6 is 12.4 Å². The number of hydrogen-bond acceptors (Lipinski definition) is 5. The molecule has 0 saturated heterocycles. The summed E-state index contributed by atoms with van der Waals surface area (Å²) in [5.74, 6) is -0.312. The van der Waals surface area contributed by atoms with Crippen LogP contribution in [0.2, 0.25) is 0 Å². The van der Waals surface area contributed by atoms with E-state index in [0.29, 0.717) is 11.4 Å². The lowest BCUT2D eigenvalue weighted by Crippen LogP contribution is -2.34. The number of amides is 1. The molecule has 1 aromatic rings. The Bertz CT molecular complexity index is 690. The van der Waals surface area contributed by atoms with E-state index in [2.05, 4.69) is 10.0 Å². The van der Waals surface area contributed by atoms with Gasteiger partial charge in [0.05, 0.1) is 23.6 Å². The number of rotatable bonds is 7. The summed E-state index contributed by atoms with van der Waals surface area (Å²) in [5.41, 5.74) is 6.03. The summed E-state index contributed by atoms with van der Waals surface area (Å²) in [7, 11) is -2.14. The van der Waals surface area contributed by atoms with Crippen LogP contribution in [0.3, 0.4) is 0 Å². The summed E-state index contributed by atoms with van der Waals surface area (Å²) >= 11 is 0. The van der Waals surface area contributed by atoms with Gasteiger partial charge in [0, 0.05) is 12.1 Å². The number of halogens is 1. The highest BCUT2D eigenvalue weighted by Crippen LogP contribution is 2.29. The molecule has 1 amide bonds. The minimum absolute atomic E-state index is 0. The summed E-state index contributed by atoms with van der Waals surface area (Å²) in [6.07, 6.45) is 1.70. The highest BCUT2D eigenvalue weighted by atomic mass is 35.5. The van der Waals surface area contributed by atoms with Gasteiger partial charge >= 0.3 is 0 Å². The Hall–Kier alpha value is -1.35. The van der Waals surface area contributed by atoms with Crippen LogP contribution < -0.4 is 20.5 Å². The number of sulfonamides is 1. The first-order valence-corrected chi connectivity index (χ1v) is 8.99. The number of methoxy groups -OCH3 is 1. The van der Waals surface area contributed by atoms with Gasteiger partial charge in [0.25, 0.3) is 0 Å². The van der Waals surface area contributed by atoms with Crippen molar-refractivity contribution in [2.45, 2.75) is 43.7 Å². The summed E-state index contributed by atoms with van der Waals surface area (Å²) in [5, 5.41) is 2.69. The molecule has 9 heteroatoms. The van der Waals surface area contributed by atoms with E-state index in [-0.39, 0.29) is 35.3 Å². The van der Waals surface area contributed by atoms with Crippen LogP contribution in [0.1, 0.15) is 26.7 Å². The molecule has 4 N–H and O–H groups in total. The maximum Gasteiger partial charge on any atom is 0.240 e. The lowest BCUT2D eigenvalue weighted by molar-refractivity contribution is -0.119. The van der Waals surface area contributed by atoms with E-state index < -0.39 is 15.9 Å². The number of anilines is 1. The van der Waals surface area contributed by atoms with Gasteiger partial charge in [-0.05, 0) is 38.0 Å². The van der Waals surface area contributed by atoms with E-state index in [1.54, 1.807) is 13.8 Å². The van der Waals surface area contributed by atoms with Crippen molar-refractivity contribution in [1.82, 2.24) is 4.72 Å². The Kier molecular flexibility index (Phi) is 7.03. The van der Waals surface area contributed by atoms with E-state index >= 15 is 0 Å². The second kappa shape index (κ2) is 8.15. The number of ether oxygens (including phenoxy) is 1. The number of nitrogens with two attached hydrogens (primary N) is 1. The molecule has 2 unspecified atom stereocenters. The fraction of sp³-hybridized carbons (Fsp3) is 0.533. The van der Waals surface area contributed by atoms with Crippen LogP contribution in [0, 0.1) is 5.92 Å². The van der Waals surface area contributed by atoms with Gasteiger partial charge in [0.15, 0.2) is 0 Å². The van der Waals surface area contributed by atoms with Crippen LogP contribution in [-0.2, 0) is 14.8 Å². The Morgan fingerprint density at radius 1 is 1.33 bits per heavy atom. The van der Waals surface area contributed by atoms with Crippen molar-refractivity contribution < 1.29 is 17.9 Å². The molecule has 0 aliphatic heterocycles. The van der Waals surface area contributed by atoms with Crippen molar-refractivity contribution in [3.8, 4) is 5.75 Å². The van der Waals surface area contributed by atoms with Crippen LogP contribution in [0.5, 0.6) is 5.75 Å². The van der Waals surface area contributed by atoms with E-state index in [1.165, 1.54) is 25.3 Å². The first-order valence-electron chi connectivity index (χ1n) is 7.51. The van der Waals surface area contributed by atoms with Crippen LogP contribution in [0.15, 0.2) is 23.1 Å². The molecule has 0 aromatic heterocycles. The Morgan fingerprint density at radius 3 is 2.46 bits per heavy atom. The summed E-state index contributed by atoms with van der Waals surface area (Å²) in [4.78, 5) is 12.3. The Labute approximate surface area is 148 Å². The monoisotopic (exact) mass is 377 g/mol. The maximum absolute atomic E-state index is 12.3. The number of nitrogens with one attached hydrogen (secondary N) is 2. The third-order valence-electron chi connectivity index (χ3n) is 3.84. The van der Waals surface area contributed by atoms with Gasteiger partial charge in [0.1, 0.15) is 5.75 Å². The van der Waals surface area contributed by atoms with Gasteiger partial charge in [0.2, 0.25) is 15.9 Å². The lowest BCUT2D eigenvalue weighted by Gasteiger charge is -2.17. The zero-order chi connectivity index (χ0) is 17.2. The van der Waals surface area contributed by atoms with Crippen molar-refractivity contribution in [3.05, 3.63) is 18.2 Å². The topological polar surface area (TPSA) is 111 Å². The third-order valence-corrected chi connectivity index (χ3v) is 5.36. The van der Waals surface area contributed by atoms with E-state index in [0.717, 1.165) is 12.8 Å². The van der Waals surface area contributed by atoms with Crippen LogP contribution in [0.4, 0.5) is 5.69 Å². The molecule has 0 heterocycles. The number of carbonyl (C=O) groups excluding carboxylic acids is 1. The molecule has 1 aliphatic rings. The molecule has 0 spiro atoms. The first kappa shape index (κ1) is 20.7. The zero-order valence-corrected chi connectivity index (χ0v) is 15.5. The van der Waals surface area contributed by atoms with Crippen molar-refractivity contribution in [3.63, 3.8) is 0 Å². The molecule has 136 valence electrons. The maximum atomic E-state index is 12.3.